The standard InChI is InChI=1S/C19H15ClN6O3/c1-29-12-7-5-11(6-8-12)13-10-14(23-22-13)18(27)24-25-19(28)16-17(20)21-15-4-2-3-9-26(15)16/h2-10H,1H3,(H,22,23)(H,24,27)(H,25,28). The molecule has 4 rings (SSSR count). The highest BCUT2D eigenvalue weighted by Crippen LogP contribution is 2.21. The minimum Gasteiger partial charge on any atom is -0.497 e. The second-order valence-electron chi connectivity index (χ2n) is 5.98. The maximum Gasteiger partial charge on any atom is 0.289 e. The monoisotopic (exact) mass is 410 g/mol. The van der Waals surface area contributed by atoms with Crippen molar-refractivity contribution >= 4 is 29.1 Å². The van der Waals surface area contributed by atoms with Crippen LogP contribution in [0.3, 0.4) is 0 Å². The molecule has 0 fully saturated rings. The van der Waals surface area contributed by atoms with Gasteiger partial charge in [0.05, 0.1) is 12.8 Å². The average molecular weight is 411 g/mol. The predicted octanol–water partition coefficient (Wildman–Crippen LogP) is 2.46. The van der Waals surface area contributed by atoms with E-state index in [9.17, 15) is 9.59 Å². The molecule has 10 heteroatoms. The lowest BCUT2D eigenvalue weighted by Gasteiger charge is -2.06. The van der Waals surface area contributed by atoms with Gasteiger partial charge in [0.1, 0.15) is 17.1 Å². The van der Waals surface area contributed by atoms with Gasteiger partial charge in [0.25, 0.3) is 11.8 Å². The minimum atomic E-state index is -0.600. The number of H-pyrrole nitrogens is 1. The highest BCUT2D eigenvalue weighted by atomic mass is 35.5. The first-order valence-corrected chi connectivity index (χ1v) is 8.87. The molecule has 0 spiro atoms. The first kappa shape index (κ1) is 18.5. The fourth-order valence-electron chi connectivity index (χ4n) is 2.76. The van der Waals surface area contributed by atoms with Crippen LogP contribution < -0.4 is 15.6 Å². The Kier molecular flexibility index (Phi) is 4.88. The summed E-state index contributed by atoms with van der Waals surface area (Å²) < 4.78 is 6.65. The highest BCUT2D eigenvalue weighted by Gasteiger charge is 2.19. The van der Waals surface area contributed by atoms with Gasteiger partial charge in [-0.25, -0.2) is 4.98 Å². The van der Waals surface area contributed by atoms with Gasteiger partial charge >= 0.3 is 0 Å². The molecule has 1 aromatic carbocycles. The summed E-state index contributed by atoms with van der Waals surface area (Å²) in [5.41, 5.74) is 6.87. The number of ether oxygens (including phenoxy) is 1. The molecular weight excluding hydrogens is 396 g/mol. The number of rotatable bonds is 4. The van der Waals surface area contributed by atoms with Gasteiger partial charge in [-0.2, -0.15) is 5.10 Å². The van der Waals surface area contributed by atoms with E-state index >= 15 is 0 Å². The third-order valence-electron chi connectivity index (χ3n) is 4.20. The van der Waals surface area contributed by atoms with Crippen molar-refractivity contribution in [2.75, 3.05) is 7.11 Å². The molecule has 4 aromatic rings. The number of methoxy groups -OCH3 is 1. The lowest BCUT2D eigenvalue weighted by atomic mass is 10.1. The van der Waals surface area contributed by atoms with Crippen LogP contribution in [0, 0.1) is 0 Å². The minimum absolute atomic E-state index is 0.0336. The Bertz CT molecular complexity index is 1200. The number of aromatic nitrogens is 4. The summed E-state index contributed by atoms with van der Waals surface area (Å²) in [6.45, 7) is 0. The summed E-state index contributed by atoms with van der Waals surface area (Å²) in [5.74, 6) is -0.441. The first-order valence-electron chi connectivity index (χ1n) is 8.50. The molecule has 0 atom stereocenters. The number of halogens is 1. The predicted molar refractivity (Wildman–Crippen MR) is 106 cm³/mol. The Morgan fingerprint density at radius 3 is 2.62 bits per heavy atom. The zero-order chi connectivity index (χ0) is 20.4. The average Bonchev–Trinajstić information content (AvgIpc) is 3.36. The van der Waals surface area contributed by atoms with Crippen LogP contribution in [0.15, 0.2) is 54.7 Å². The van der Waals surface area contributed by atoms with Crippen molar-refractivity contribution < 1.29 is 14.3 Å². The zero-order valence-electron chi connectivity index (χ0n) is 15.1. The Balaban J connectivity index is 1.45. The molecule has 0 aliphatic rings. The summed E-state index contributed by atoms with van der Waals surface area (Å²) in [6, 6.07) is 14.0. The van der Waals surface area contributed by atoms with Crippen molar-refractivity contribution in [2.24, 2.45) is 0 Å². The molecule has 146 valence electrons. The zero-order valence-corrected chi connectivity index (χ0v) is 15.9. The second-order valence-corrected chi connectivity index (χ2v) is 6.34. The van der Waals surface area contributed by atoms with Gasteiger partial charge in [-0.05, 0) is 42.5 Å². The fourth-order valence-corrected chi connectivity index (χ4v) is 3.02. The maximum atomic E-state index is 12.5. The number of aromatic amines is 1. The number of nitrogens with zero attached hydrogens (tertiary/aromatic N) is 3. The number of imidazole rings is 1. The molecule has 0 aliphatic heterocycles. The number of nitrogens with one attached hydrogen (secondary N) is 3. The Morgan fingerprint density at radius 1 is 1.10 bits per heavy atom. The van der Waals surface area contributed by atoms with Crippen molar-refractivity contribution in [3.63, 3.8) is 0 Å². The second kappa shape index (κ2) is 7.64. The third-order valence-corrected chi connectivity index (χ3v) is 4.46. The van der Waals surface area contributed by atoms with Gasteiger partial charge in [-0.1, -0.05) is 17.7 Å². The molecule has 0 radical (unpaired) electrons. The van der Waals surface area contributed by atoms with Crippen LogP contribution in [0.1, 0.15) is 21.0 Å². The van der Waals surface area contributed by atoms with Crippen LogP contribution in [-0.4, -0.2) is 38.5 Å². The number of amides is 2. The van der Waals surface area contributed by atoms with Crippen LogP contribution in [0.25, 0.3) is 16.9 Å². The number of carbonyl (C=O) groups excluding carboxylic acids is 2. The van der Waals surface area contributed by atoms with Crippen LogP contribution in [-0.2, 0) is 0 Å². The summed E-state index contributed by atoms with van der Waals surface area (Å²) in [7, 11) is 1.58. The molecule has 3 aromatic heterocycles. The number of pyridine rings is 1. The van der Waals surface area contributed by atoms with Crippen molar-refractivity contribution in [3.05, 3.63) is 71.3 Å². The maximum absolute atomic E-state index is 12.5. The number of hydrazine groups is 1. The molecule has 0 unspecified atom stereocenters. The van der Waals surface area contributed by atoms with Crippen LogP contribution in [0.2, 0.25) is 5.15 Å². The van der Waals surface area contributed by atoms with E-state index in [-0.39, 0.29) is 16.5 Å². The number of hydrogen-bond acceptors (Lipinski definition) is 5. The molecule has 0 aliphatic carbocycles. The van der Waals surface area contributed by atoms with E-state index in [1.165, 1.54) is 4.40 Å². The number of carbonyl (C=O) groups is 2. The normalized spacial score (nSPS) is 10.7. The van der Waals surface area contributed by atoms with Crippen LogP contribution >= 0.6 is 11.6 Å². The molecule has 3 N–H and O–H groups in total. The van der Waals surface area contributed by atoms with Gasteiger partial charge in [0.2, 0.25) is 0 Å². The quantitative estimate of drug-likeness (QED) is 0.447. The van der Waals surface area contributed by atoms with E-state index in [1.807, 2.05) is 12.1 Å². The molecule has 0 saturated heterocycles. The molecule has 29 heavy (non-hydrogen) atoms. The molecule has 0 saturated carbocycles. The fraction of sp³-hybridized carbons (Fsp3) is 0.0526. The van der Waals surface area contributed by atoms with E-state index in [2.05, 4.69) is 26.0 Å². The molecule has 2 amide bonds. The van der Waals surface area contributed by atoms with Gasteiger partial charge < -0.3 is 4.74 Å². The van der Waals surface area contributed by atoms with E-state index in [0.717, 1.165) is 11.3 Å². The SMILES string of the molecule is COc1ccc(-c2cc(C(=O)NNC(=O)c3c(Cl)nc4ccccn34)[nH]n2)cc1. The van der Waals surface area contributed by atoms with Crippen LogP contribution in [0.4, 0.5) is 0 Å². The molecule has 9 nitrogen and oxygen atoms in total. The smallest absolute Gasteiger partial charge is 0.289 e. The molecule has 3 heterocycles. The molecular formula is C19H15ClN6O3. The van der Waals surface area contributed by atoms with Gasteiger partial charge in [0.15, 0.2) is 10.8 Å². The van der Waals surface area contributed by atoms with Gasteiger partial charge in [0, 0.05) is 11.8 Å². The summed E-state index contributed by atoms with van der Waals surface area (Å²) in [5, 5.41) is 6.80. The summed E-state index contributed by atoms with van der Waals surface area (Å²) in [6.07, 6.45) is 1.65. The Hall–Kier alpha value is -3.85. The Morgan fingerprint density at radius 2 is 1.86 bits per heavy atom. The number of benzene rings is 1. The van der Waals surface area contributed by atoms with E-state index in [4.69, 9.17) is 16.3 Å². The lowest BCUT2D eigenvalue weighted by molar-refractivity contribution is 0.0841. The largest absolute Gasteiger partial charge is 0.497 e. The van der Waals surface area contributed by atoms with Crippen molar-refractivity contribution in [1.29, 1.82) is 0 Å². The van der Waals surface area contributed by atoms with E-state index < -0.39 is 11.8 Å². The number of hydrogen-bond donors (Lipinski definition) is 3. The first-order chi connectivity index (χ1) is 14.1. The molecule has 0 bridgehead atoms. The van der Waals surface area contributed by atoms with Gasteiger partial charge in [-0.3, -0.25) is 29.9 Å². The summed E-state index contributed by atoms with van der Waals surface area (Å²) in [4.78, 5) is 28.9. The van der Waals surface area contributed by atoms with Crippen molar-refractivity contribution in [2.45, 2.75) is 0 Å². The highest BCUT2D eigenvalue weighted by molar-refractivity contribution is 6.32. The Labute approximate surface area is 169 Å². The van der Waals surface area contributed by atoms with Crippen molar-refractivity contribution in [3.8, 4) is 17.0 Å². The summed E-state index contributed by atoms with van der Waals surface area (Å²) >= 11 is 6.06. The van der Waals surface area contributed by atoms with E-state index in [1.54, 1.807) is 49.7 Å². The van der Waals surface area contributed by atoms with Crippen LogP contribution in [0.5, 0.6) is 5.75 Å². The number of fused-ring (bicyclic) bond motifs is 1. The topological polar surface area (TPSA) is 113 Å². The third kappa shape index (κ3) is 3.63. The lowest BCUT2D eigenvalue weighted by Crippen LogP contribution is -2.42. The van der Waals surface area contributed by atoms with Crippen molar-refractivity contribution in [1.82, 2.24) is 30.4 Å². The van der Waals surface area contributed by atoms with Gasteiger partial charge in [-0.15, -0.1) is 0 Å². The van der Waals surface area contributed by atoms with E-state index in [0.29, 0.717) is 11.3 Å².